The topological polar surface area (TPSA) is 85.8 Å². The first-order valence-corrected chi connectivity index (χ1v) is 7.71. The van der Waals surface area contributed by atoms with E-state index in [9.17, 15) is 14.9 Å². The summed E-state index contributed by atoms with van der Waals surface area (Å²) in [6, 6.07) is 7.53. The molecule has 1 amide bonds. The van der Waals surface area contributed by atoms with Crippen LogP contribution in [0.5, 0.6) is 5.75 Å². The molecule has 0 spiro atoms. The number of methoxy groups -OCH3 is 1. The minimum Gasteiger partial charge on any atom is -0.497 e. The van der Waals surface area contributed by atoms with Crippen molar-refractivity contribution < 1.29 is 18.9 Å². The summed E-state index contributed by atoms with van der Waals surface area (Å²) >= 11 is 0. The monoisotopic (exact) mass is 330 g/mol. The summed E-state index contributed by atoms with van der Waals surface area (Å²) in [6.07, 6.45) is 3.32. The number of rotatable bonds is 6. The SMILES string of the molecule is COc1ccc([N+](=O)[O-])c(C(=O)N(C2CC2)[C@@H](C)c2ccco2)c1. The van der Waals surface area contributed by atoms with E-state index in [1.807, 2.05) is 6.92 Å². The molecule has 1 aromatic carbocycles. The van der Waals surface area contributed by atoms with Crippen molar-refractivity contribution in [2.75, 3.05) is 7.11 Å². The number of ether oxygens (including phenoxy) is 1. The predicted molar refractivity (Wildman–Crippen MR) is 86.0 cm³/mol. The number of nitro benzene ring substituents is 1. The molecule has 0 saturated heterocycles. The molecule has 1 aromatic heterocycles. The Morgan fingerprint density at radius 3 is 2.71 bits per heavy atom. The molecular formula is C17H18N2O5. The lowest BCUT2D eigenvalue weighted by molar-refractivity contribution is -0.385. The van der Waals surface area contributed by atoms with E-state index < -0.39 is 4.92 Å². The molecule has 2 aromatic rings. The molecule has 1 aliphatic carbocycles. The van der Waals surface area contributed by atoms with Gasteiger partial charge in [0.1, 0.15) is 17.1 Å². The molecule has 1 aliphatic rings. The van der Waals surface area contributed by atoms with Gasteiger partial charge in [-0.05, 0) is 44.0 Å². The number of carbonyl (C=O) groups excluding carboxylic acids is 1. The minimum atomic E-state index is -0.546. The van der Waals surface area contributed by atoms with Crippen LogP contribution in [0, 0.1) is 10.1 Å². The predicted octanol–water partition coefficient (Wildman–Crippen LogP) is 3.56. The molecule has 0 aliphatic heterocycles. The Kier molecular flexibility index (Phi) is 4.24. The molecule has 0 radical (unpaired) electrons. The van der Waals surface area contributed by atoms with Crippen LogP contribution in [-0.2, 0) is 0 Å². The van der Waals surface area contributed by atoms with Crippen molar-refractivity contribution in [3.8, 4) is 5.75 Å². The zero-order chi connectivity index (χ0) is 17.3. The van der Waals surface area contributed by atoms with Crippen LogP contribution in [0.3, 0.4) is 0 Å². The highest BCUT2D eigenvalue weighted by molar-refractivity contribution is 5.99. The first-order chi connectivity index (χ1) is 11.5. The Morgan fingerprint density at radius 1 is 1.42 bits per heavy atom. The summed E-state index contributed by atoms with van der Waals surface area (Å²) in [4.78, 5) is 25.5. The lowest BCUT2D eigenvalue weighted by Gasteiger charge is -2.28. The summed E-state index contributed by atoms with van der Waals surface area (Å²) in [5, 5.41) is 11.3. The second-order valence-electron chi connectivity index (χ2n) is 5.78. The summed E-state index contributed by atoms with van der Waals surface area (Å²) in [5.74, 6) is 0.679. The molecule has 0 unspecified atom stereocenters. The van der Waals surface area contributed by atoms with Crippen molar-refractivity contribution >= 4 is 11.6 Å². The van der Waals surface area contributed by atoms with Gasteiger partial charge in [0.2, 0.25) is 0 Å². The molecule has 0 bridgehead atoms. The zero-order valence-electron chi connectivity index (χ0n) is 13.5. The van der Waals surface area contributed by atoms with E-state index in [0.717, 1.165) is 12.8 Å². The maximum atomic E-state index is 13.1. The molecule has 126 valence electrons. The first kappa shape index (κ1) is 16.0. The number of hydrogen-bond donors (Lipinski definition) is 0. The van der Waals surface area contributed by atoms with Crippen LogP contribution < -0.4 is 4.74 Å². The number of nitrogens with zero attached hydrogens (tertiary/aromatic N) is 2. The molecule has 1 fully saturated rings. The largest absolute Gasteiger partial charge is 0.497 e. The van der Waals surface area contributed by atoms with E-state index in [4.69, 9.17) is 9.15 Å². The molecule has 7 nitrogen and oxygen atoms in total. The third-order valence-corrected chi connectivity index (χ3v) is 4.18. The average Bonchev–Trinajstić information content (AvgIpc) is 3.25. The molecule has 1 heterocycles. The second-order valence-corrected chi connectivity index (χ2v) is 5.78. The van der Waals surface area contributed by atoms with Gasteiger partial charge in [0, 0.05) is 12.1 Å². The van der Waals surface area contributed by atoms with E-state index in [2.05, 4.69) is 0 Å². The van der Waals surface area contributed by atoms with Gasteiger partial charge in [-0.3, -0.25) is 14.9 Å². The Bertz CT molecular complexity index is 752. The zero-order valence-corrected chi connectivity index (χ0v) is 13.5. The van der Waals surface area contributed by atoms with Gasteiger partial charge >= 0.3 is 0 Å². The minimum absolute atomic E-state index is 0.0321. The maximum Gasteiger partial charge on any atom is 0.282 e. The normalized spacial score (nSPS) is 14.9. The molecular weight excluding hydrogens is 312 g/mol. The summed E-state index contributed by atoms with van der Waals surface area (Å²) in [7, 11) is 1.46. The second kappa shape index (κ2) is 6.35. The average molecular weight is 330 g/mol. The Hall–Kier alpha value is -2.83. The Morgan fingerprint density at radius 2 is 2.17 bits per heavy atom. The highest BCUT2D eigenvalue weighted by Gasteiger charge is 2.39. The molecule has 1 atom stereocenters. The van der Waals surface area contributed by atoms with Gasteiger partial charge in [0.25, 0.3) is 11.6 Å². The smallest absolute Gasteiger partial charge is 0.282 e. The van der Waals surface area contributed by atoms with Crippen molar-refractivity contribution in [1.82, 2.24) is 4.90 Å². The van der Waals surface area contributed by atoms with E-state index in [-0.39, 0.29) is 29.2 Å². The molecule has 3 rings (SSSR count). The number of hydrogen-bond acceptors (Lipinski definition) is 5. The van der Waals surface area contributed by atoms with E-state index >= 15 is 0 Å². The third-order valence-electron chi connectivity index (χ3n) is 4.18. The Labute approximate surface area is 139 Å². The maximum absolute atomic E-state index is 13.1. The van der Waals surface area contributed by atoms with Crippen LogP contribution in [0.25, 0.3) is 0 Å². The van der Waals surface area contributed by atoms with Gasteiger partial charge < -0.3 is 14.1 Å². The molecule has 24 heavy (non-hydrogen) atoms. The quantitative estimate of drug-likeness (QED) is 0.597. The fraction of sp³-hybridized carbons (Fsp3) is 0.353. The third kappa shape index (κ3) is 2.97. The van der Waals surface area contributed by atoms with E-state index in [1.54, 1.807) is 23.3 Å². The number of carbonyl (C=O) groups is 1. The van der Waals surface area contributed by atoms with Crippen LogP contribution >= 0.6 is 0 Å². The number of benzene rings is 1. The Balaban J connectivity index is 2.00. The number of nitro groups is 1. The van der Waals surface area contributed by atoms with E-state index in [0.29, 0.717) is 11.5 Å². The fourth-order valence-corrected chi connectivity index (χ4v) is 2.79. The molecule has 0 N–H and O–H groups in total. The van der Waals surface area contributed by atoms with Gasteiger partial charge in [-0.25, -0.2) is 0 Å². The molecule has 1 saturated carbocycles. The van der Waals surface area contributed by atoms with Crippen LogP contribution in [0.1, 0.15) is 41.9 Å². The summed E-state index contributed by atoms with van der Waals surface area (Å²) in [5.41, 5.74) is -0.192. The van der Waals surface area contributed by atoms with Gasteiger partial charge in [0.15, 0.2) is 0 Å². The van der Waals surface area contributed by atoms with Crippen molar-refractivity contribution in [3.63, 3.8) is 0 Å². The lowest BCUT2D eigenvalue weighted by atomic mass is 10.1. The highest BCUT2D eigenvalue weighted by atomic mass is 16.6. The van der Waals surface area contributed by atoms with Gasteiger partial charge in [-0.1, -0.05) is 0 Å². The highest BCUT2D eigenvalue weighted by Crippen LogP contribution is 2.37. The van der Waals surface area contributed by atoms with Crippen molar-refractivity contribution in [2.24, 2.45) is 0 Å². The van der Waals surface area contributed by atoms with Crippen molar-refractivity contribution in [1.29, 1.82) is 0 Å². The number of amides is 1. The summed E-state index contributed by atoms with van der Waals surface area (Å²) < 4.78 is 10.5. The molecule has 7 heteroatoms. The van der Waals surface area contributed by atoms with Crippen LogP contribution in [0.15, 0.2) is 41.0 Å². The lowest BCUT2D eigenvalue weighted by Crippen LogP contribution is -2.35. The van der Waals surface area contributed by atoms with Crippen molar-refractivity contribution in [3.05, 3.63) is 58.0 Å². The number of furan rings is 1. The van der Waals surface area contributed by atoms with Gasteiger partial charge in [0.05, 0.1) is 24.3 Å². The van der Waals surface area contributed by atoms with Gasteiger partial charge in [-0.2, -0.15) is 0 Å². The first-order valence-electron chi connectivity index (χ1n) is 7.71. The van der Waals surface area contributed by atoms with Crippen LogP contribution in [0.4, 0.5) is 5.69 Å². The standard InChI is InChI=1S/C17H18N2O5/c1-11(16-4-3-9-24-16)18(12-5-6-12)17(20)14-10-13(23-2)7-8-15(14)19(21)22/h3-4,7-12H,5-6H2,1-2H3/t11-/m0/s1. The van der Waals surface area contributed by atoms with E-state index in [1.165, 1.54) is 25.3 Å². The fourth-order valence-electron chi connectivity index (χ4n) is 2.79. The summed E-state index contributed by atoms with van der Waals surface area (Å²) in [6.45, 7) is 1.86. The van der Waals surface area contributed by atoms with Crippen LogP contribution in [0.2, 0.25) is 0 Å². The van der Waals surface area contributed by atoms with Crippen molar-refractivity contribution in [2.45, 2.75) is 31.8 Å². The van der Waals surface area contributed by atoms with Crippen LogP contribution in [-0.4, -0.2) is 28.9 Å². The van der Waals surface area contributed by atoms with Gasteiger partial charge in [-0.15, -0.1) is 0 Å².